The molecule has 0 saturated carbocycles. The predicted molar refractivity (Wildman–Crippen MR) is 87.8 cm³/mol. The normalized spacial score (nSPS) is 10.3. The van der Waals surface area contributed by atoms with Gasteiger partial charge in [-0.25, -0.2) is 0 Å². The minimum Gasteiger partial charge on any atom is -0.495 e. The van der Waals surface area contributed by atoms with E-state index in [4.69, 9.17) is 21.1 Å². The van der Waals surface area contributed by atoms with Crippen LogP contribution in [0.3, 0.4) is 0 Å². The number of rotatable bonds is 5. The molecular weight excluding hydrogens is 286 g/mol. The molecule has 0 radical (unpaired) electrons. The summed E-state index contributed by atoms with van der Waals surface area (Å²) in [6.07, 6.45) is 0. The zero-order chi connectivity index (χ0) is 15.4. The van der Waals surface area contributed by atoms with Gasteiger partial charge in [-0.3, -0.25) is 0 Å². The molecule has 0 heterocycles. The van der Waals surface area contributed by atoms with Gasteiger partial charge in [-0.1, -0.05) is 29.8 Å². The quantitative estimate of drug-likeness (QED) is 0.876. The van der Waals surface area contributed by atoms with Crippen LogP contribution >= 0.6 is 11.6 Å². The van der Waals surface area contributed by atoms with E-state index in [1.165, 1.54) is 16.7 Å². The average Bonchev–Trinajstić information content (AvgIpc) is 2.48. The van der Waals surface area contributed by atoms with E-state index in [1.807, 2.05) is 6.07 Å². The van der Waals surface area contributed by atoms with E-state index in [1.54, 1.807) is 20.3 Å². The van der Waals surface area contributed by atoms with Crippen LogP contribution in [0.4, 0.5) is 5.69 Å². The van der Waals surface area contributed by atoms with Gasteiger partial charge in [0.25, 0.3) is 0 Å². The Morgan fingerprint density at radius 3 is 2.29 bits per heavy atom. The third-order valence-electron chi connectivity index (χ3n) is 3.53. The van der Waals surface area contributed by atoms with Gasteiger partial charge in [0.2, 0.25) is 0 Å². The molecule has 0 amide bonds. The highest BCUT2D eigenvalue weighted by atomic mass is 35.5. The lowest BCUT2D eigenvalue weighted by molar-refractivity contribution is 0.404. The molecule has 0 fully saturated rings. The lowest BCUT2D eigenvalue weighted by Crippen LogP contribution is -2.02. The molecule has 2 aromatic carbocycles. The molecule has 0 saturated heterocycles. The lowest BCUT2D eigenvalue weighted by Gasteiger charge is -2.14. The summed E-state index contributed by atoms with van der Waals surface area (Å²) < 4.78 is 10.6. The molecule has 21 heavy (non-hydrogen) atoms. The first-order chi connectivity index (χ1) is 10.0. The molecule has 0 atom stereocenters. The van der Waals surface area contributed by atoms with E-state index < -0.39 is 0 Å². The molecule has 0 aliphatic carbocycles. The molecule has 0 unspecified atom stereocenters. The Balaban J connectivity index is 2.20. The average molecular weight is 306 g/mol. The summed E-state index contributed by atoms with van der Waals surface area (Å²) in [6.45, 7) is 4.94. The first-order valence-corrected chi connectivity index (χ1v) is 7.14. The topological polar surface area (TPSA) is 30.5 Å². The summed E-state index contributed by atoms with van der Waals surface area (Å²) in [7, 11) is 3.22. The Bertz CT molecular complexity index is 641. The third-order valence-corrected chi connectivity index (χ3v) is 3.82. The fourth-order valence-electron chi connectivity index (χ4n) is 2.11. The molecule has 3 nitrogen and oxygen atoms in total. The van der Waals surface area contributed by atoms with Crippen LogP contribution in [0.5, 0.6) is 11.5 Å². The number of nitrogens with one attached hydrogen (secondary N) is 1. The van der Waals surface area contributed by atoms with E-state index in [-0.39, 0.29) is 0 Å². The molecule has 0 aromatic heterocycles. The number of benzene rings is 2. The number of ether oxygens (including phenoxy) is 2. The van der Waals surface area contributed by atoms with Crippen LogP contribution in [-0.4, -0.2) is 14.2 Å². The van der Waals surface area contributed by atoms with Gasteiger partial charge >= 0.3 is 0 Å². The Kier molecular flexibility index (Phi) is 4.97. The van der Waals surface area contributed by atoms with Crippen LogP contribution in [0.2, 0.25) is 5.02 Å². The Labute approximate surface area is 130 Å². The summed E-state index contributed by atoms with van der Waals surface area (Å²) in [6, 6.07) is 10.0. The molecule has 0 spiro atoms. The highest BCUT2D eigenvalue weighted by Gasteiger charge is 2.09. The first kappa shape index (κ1) is 15.5. The number of hydrogen-bond acceptors (Lipinski definition) is 3. The summed E-state index contributed by atoms with van der Waals surface area (Å²) in [4.78, 5) is 0. The molecule has 0 bridgehead atoms. The molecule has 0 aliphatic heterocycles. The SMILES string of the molecule is COc1cc(NCc2ccc(C)c(C)c2)c(OC)cc1Cl. The minimum atomic E-state index is 0.533. The third kappa shape index (κ3) is 3.61. The summed E-state index contributed by atoms with van der Waals surface area (Å²) in [5, 5.41) is 3.90. The van der Waals surface area contributed by atoms with E-state index in [2.05, 4.69) is 37.4 Å². The van der Waals surface area contributed by atoms with Crippen LogP contribution in [0.15, 0.2) is 30.3 Å². The van der Waals surface area contributed by atoms with Gasteiger partial charge in [-0.15, -0.1) is 0 Å². The standard InChI is InChI=1S/C17H20ClNO2/c1-11-5-6-13(7-12(11)2)10-19-15-9-16(20-3)14(18)8-17(15)21-4/h5-9,19H,10H2,1-4H3. The van der Waals surface area contributed by atoms with Gasteiger partial charge in [0, 0.05) is 18.7 Å². The number of hydrogen-bond donors (Lipinski definition) is 1. The predicted octanol–water partition coefficient (Wildman–Crippen LogP) is 4.59. The fourth-order valence-corrected chi connectivity index (χ4v) is 2.34. The molecule has 2 rings (SSSR count). The fraction of sp³-hybridized carbons (Fsp3) is 0.294. The van der Waals surface area contributed by atoms with Crippen LogP contribution < -0.4 is 14.8 Å². The second-order valence-electron chi connectivity index (χ2n) is 4.96. The van der Waals surface area contributed by atoms with Crippen molar-refractivity contribution in [3.8, 4) is 11.5 Å². The largest absolute Gasteiger partial charge is 0.495 e. The molecule has 1 N–H and O–H groups in total. The Hall–Kier alpha value is -1.87. The van der Waals surface area contributed by atoms with Crippen molar-refractivity contribution in [3.63, 3.8) is 0 Å². The van der Waals surface area contributed by atoms with Crippen LogP contribution in [0, 0.1) is 13.8 Å². The monoisotopic (exact) mass is 305 g/mol. The summed E-state index contributed by atoms with van der Waals surface area (Å²) in [5.74, 6) is 1.32. The van der Waals surface area contributed by atoms with E-state index in [0.717, 1.165) is 5.69 Å². The maximum atomic E-state index is 6.10. The molecule has 2 aromatic rings. The summed E-state index contributed by atoms with van der Waals surface area (Å²) >= 11 is 6.10. The van der Waals surface area contributed by atoms with Crippen molar-refractivity contribution < 1.29 is 9.47 Å². The Morgan fingerprint density at radius 1 is 0.952 bits per heavy atom. The van der Waals surface area contributed by atoms with Crippen LogP contribution in [0.25, 0.3) is 0 Å². The van der Waals surface area contributed by atoms with Crippen molar-refractivity contribution in [2.24, 2.45) is 0 Å². The van der Waals surface area contributed by atoms with Crippen molar-refractivity contribution in [3.05, 3.63) is 52.0 Å². The van der Waals surface area contributed by atoms with Crippen LogP contribution in [-0.2, 0) is 6.54 Å². The maximum absolute atomic E-state index is 6.10. The van der Waals surface area contributed by atoms with Gasteiger partial charge in [0.05, 0.1) is 24.9 Å². The molecular formula is C17H20ClNO2. The lowest BCUT2D eigenvalue weighted by atomic mass is 10.1. The number of anilines is 1. The van der Waals surface area contributed by atoms with Crippen molar-refractivity contribution in [1.82, 2.24) is 0 Å². The molecule has 4 heteroatoms. The Morgan fingerprint density at radius 2 is 1.67 bits per heavy atom. The number of methoxy groups -OCH3 is 2. The van der Waals surface area contributed by atoms with E-state index >= 15 is 0 Å². The van der Waals surface area contributed by atoms with E-state index in [9.17, 15) is 0 Å². The zero-order valence-electron chi connectivity index (χ0n) is 12.8. The zero-order valence-corrected chi connectivity index (χ0v) is 13.5. The minimum absolute atomic E-state index is 0.533. The van der Waals surface area contributed by atoms with Gasteiger partial charge in [-0.05, 0) is 30.5 Å². The van der Waals surface area contributed by atoms with Crippen LogP contribution in [0.1, 0.15) is 16.7 Å². The van der Waals surface area contributed by atoms with Gasteiger partial charge < -0.3 is 14.8 Å². The maximum Gasteiger partial charge on any atom is 0.143 e. The van der Waals surface area contributed by atoms with Crippen molar-refractivity contribution in [2.45, 2.75) is 20.4 Å². The highest BCUT2D eigenvalue weighted by Crippen LogP contribution is 2.36. The van der Waals surface area contributed by atoms with Crippen molar-refractivity contribution in [1.29, 1.82) is 0 Å². The van der Waals surface area contributed by atoms with Gasteiger partial charge in [-0.2, -0.15) is 0 Å². The van der Waals surface area contributed by atoms with Gasteiger partial charge in [0.1, 0.15) is 11.5 Å². The summed E-state index contributed by atoms with van der Waals surface area (Å²) in [5.41, 5.74) is 4.66. The molecule has 112 valence electrons. The second kappa shape index (κ2) is 6.72. The number of aryl methyl sites for hydroxylation is 2. The highest BCUT2D eigenvalue weighted by molar-refractivity contribution is 6.32. The van der Waals surface area contributed by atoms with Gasteiger partial charge in [0.15, 0.2) is 0 Å². The second-order valence-corrected chi connectivity index (χ2v) is 5.37. The van der Waals surface area contributed by atoms with Crippen molar-refractivity contribution >= 4 is 17.3 Å². The molecule has 0 aliphatic rings. The van der Waals surface area contributed by atoms with E-state index in [0.29, 0.717) is 23.1 Å². The van der Waals surface area contributed by atoms with Crippen molar-refractivity contribution in [2.75, 3.05) is 19.5 Å². The number of halogens is 1. The smallest absolute Gasteiger partial charge is 0.143 e. The first-order valence-electron chi connectivity index (χ1n) is 6.76.